The lowest BCUT2D eigenvalue weighted by Gasteiger charge is -2.45. The minimum Gasteiger partial charge on any atom is -0.351 e. The molecule has 0 aromatic carbocycles. The summed E-state index contributed by atoms with van der Waals surface area (Å²) in [4.78, 5) is 0. The average Bonchev–Trinajstić information content (AvgIpc) is 2.87. The molecule has 4 nitrogen and oxygen atoms in total. The molecule has 2 aliphatic rings. The third-order valence-corrected chi connectivity index (χ3v) is 7.81. The predicted molar refractivity (Wildman–Crippen MR) is 84.7 cm³/mol. The van der Waals surface area contributed by atoms with E-state index in [-0.39, 0.29) is 16.9 Å². The second-order valence-corrected chi connectivity index (χ2v) is 9.31. The van der Waals surface area contributed by atoms with Gasteiger partial charge in [0.25, 0.3) is 0 Å². The van der Waals surface area contributed by atoms with Gasteiger partial charge in [0.2, 0.25) is 0 Å². The van der Waals surface area contributed by atoms with Gasteiger partial charge in [0.05, 0.1) is 6.10 Å². The first-order chi connectivity index (χ1) is 9.83. The average molecular weight is 317 g/mol. The SMILES string of the molecule is CCO[Si](OCC)(OCC)OC1C2(C)CCC(C2)C1(C)C. The van der Waals surface area contributed by atoms with E-state index in [1.807, 2.05) is 20.8 Å². The van der Waals surface area contributed by atoms with E-state index in [0.717, 1.165) is 5.92 Å². The van der Waals surface area contributed by atoms with Gasteiger partial charge >= 0.3 is 9.05 Å². The lowest BCUT2D eigenvalue weighted by atomic mass is 9.70. The Balaban J connectivity index is 2.22. The Kier molecular flexibility index (Phi) is 5.21. The molecule has 2 aliphatic carbocycles. The van der Waals surface area contributed by atoms with Gasteiger partial charge in [-0.15, -0.1) is 0 Å². The van der Waals surface area contributed by atoms with Gasteiger partial charge in [-0.05, 0) is 56.8 Å². The van der Waals surface area contributed by atoms with Crippen molar-refractivity contribution >= 4 is 9.05 Å². The van der Waals surface area contributed by atoms with Crippen molar-refractivity contribution in [1.29, 1.82) is 0 Å². The van der Waals surface area contributed by atoms with Gasteiger partial charge in [-0.1, -0.05) is 20.8 Å². The third-order valence-electron chi connectivity index (χ3n) is 5.36. The first-order valence-electron chi connectivity index (χ1n) is 8.43. The molecule has 0 heterocycles. The Morgan fingerprint density at radius 3 is 1.86 bits per heavy atom. The molecule has 5 heteroatoms. The Labute approximate surface area is 131 Å². The summed E-state index contributed by atoms with van der Waals surface area (Å²) in [6.07, 6.45) is 3.95. The molecular weight excluding hydrogens is 284 g/mol. The smallest absolute Gasteiger partial charge is 0.351 e. The molecule has 21 heavy (non-hydrogen) atoms. The van der Waals surface area contributed by atoms with Crippen molar-refractivity contribution in [3.05, 3.63) is 0 Å². The highest BCUT2D eigenvalue weighted by Gasteiger charge is 2.63. The zero-order valence-corrected chi connectivity index (χ0v) is 15.5. The van der Waals surface area contributed by atoms with Crippen LogP contribution in [0.4, 0.5) is 0 Å². The zero-order valence-electron chi connectivity index (χ0n) is 14.5. The van der Waals surface area contributed by atoms with E-state index >= 15 is 0 Å². The van der Waals surface area contributed by atoms with Crippen molar-refractivity contribution in [2.24, 2.45) is 16.7 Å². The van der Waals surface area contributed by atoms with Crippen LogP contribution in [-0.2, 0) is 17.7 Å². The lowest BCUT2D eigenvalue weighted by molar-refractivity contribution is -0.111. The maximum absolute atomic E-state index is 6.54. The number of hydrogen-bond donors (Lipinski definition) is 0. The fraction of sp³-hybridized carbons (Fsp3) is 1.00. The van der Waals surface area contributed by atoms with E-state index in [2.05, 4.69) is 20.8 Å². The predicted octanol–water partition coefficient (Wildman–Crippen LogP) is 3.76. The van der Waals surface area contributed by atoms with Gasteiger partial charge in [-0.25, -0.2) is 0 Å². The van der Waals surface area contributed by atoms with E-state index in [1.165, 1.54) is 19.3 Å². The molecule has 0 amide bonds. The van der Waals surface area contributed by atoms with Crippen LogP contribution in [0.2, 0.25) is 0 Å². The minimum atomic E-state index is -3.03. The molecule has 124 valence electrons. The van der Waals surface area contributed by atoms with E-state index in [9.17, 15) is 0 Å². The van der Waals surface area contributed by atoms with E-state index < -0.39 is 9.05 Å². The highest BCUT2D eigenvalue weighted by Crippen LogP contribution is 2.64. The van der Waals surface area contributed by atoms with Crippen LogP contribution in [0.1, 0.15) is 60.8 Å². The fourth-order valence-corrected chi connectivity index (χ4v) is 6.84. The van der Waals surface area contributed by atoms with E-state index in [4.69, 9.17) is 17.7 Å². The molecule has 2 saturated carbocycles. The minimum absolute atomic E-state index is 0.153. The standard InChI is InChI=1S/C16H32O4Si/c1-7-17-21(18-8-2,19-9-3)20-14-15(4,5)13-10-11-16(14,6)12-13/h13-14H,7-12H2,1-6H3. The van der Waals surface area contributed by atoms with E-state index in [0.29, 0.717) is 19.8 Å². The van der Waals surface area contributed by atoms with Gasteiger partial charge in [0, 0.05) is 19.8 Å². The van der Waals surface area contributed by atoms with Crippen molar-refractivity contribution in [1.82, 2.24) is 0 Å². The Morgan fingerprint density at radius 1 is 0.952 bits per heavy atom. The monoisotopic (exact) mass is 316 g/mol. The molecule has 0 aromatic heterocycles. The number of fused-ring (bicyclic) bond motifs is 2. The summed E-state index contributed by atoms with van der Waals surface area (Å²) in [7, 11) is -3.03. The van der Waals surface area contributed by atoms with Crippen LogP contribution in [-0.4, -0.2) is 35.0 Å². The maximum Gasteiger partial charge on any atom is 0.679 e. The van der Waals surface area contributed by atoms with Crippen LogP contribution in [0.15, 0.2) is 0 Å². The van der Waals surface area contributed by atoms with Crippen LogP contribution in [0, 0.1) is 16.7 Å². The first kappa shape index (κ1) is 17.4. The second kappa shape index (κ2) is 6.28. The summed E-state index contributed by atoms with van der Waals surface area (Å²) in [5.74, 6) is 0.740. The molecule has 0 radical (unpaired) electrons. The van der Waals surface area contributed by atoms with Crippen LogP contribution in [0.25, 0.3) is 0 Å². The lowest BCUT2D eigenvalue weighted by Crippen LogP contribution is -2.56. The molecule has 0 saturated heterocycles. The quantitative estimate of drug-likeness (QED) is 0.639. The molecule has 3 atom stereocenters. The summed E-state index contributed by atoms with van der Waals surface area (Å²) in [5.41, 5.74) is 0.397. The number of hydrogen-bond acceptors (Lipinski definition) is 4. The van der Waals surface area contributed by atoms with Gasteiger partial charge in [0.15, 0.2) is 0 Å². The van der Waals surface area contributed by atoms with Crippen LogP contribution in [0.3, 0.4) is 0 Å². The summed E-state index contributed by atoms with van der Waals surface area (Å²) in [6.45, 7) is 14.6. The molecule has 0 N–H and O–H groups in total. The summed E-state index contributed by atoms with van der Waals surface area (Å²) < 4.78 is 24.2. The highest BCUT2D eigenvalue weighted by atomic mass is 28.4. The topological polar surface area (TPSA) is 36.9 Å². The molecule has 3 unspecified atom stereocenters. The molecule has 2 fully saturated rings. The third kappa shape index (κ3) is 3.08. The summed E-state index contributed by atoms with van der Waals surface area (Å²) in [5, 5.41) is 0. The summed E-state index contributed by atoms with van der Waals surface area (Å²) >= 11 is 0. The largest absolute Gasteiger partial charge is 0.679 e. The Morgan fingerprint density at radius 2 is 1.48 bits per heavy atom. The van der Waals surface area contributed by atoms with E-state index in [1.54, 1.807) is 0 Å². The Bertz CT molecular complexity index is 338. The molecular formula is C16H32O4Si. The zero-order chi connectivity index (χ0) is 15.7. The summed E-state index contributed by atoms with van der Waals surface area (Å²) in [6, 6.07) is 0. The van der Waals surface area contributed by atoms with Crippen molar-refractivity contribution < 1.29 is 17.7 Å². The Hall–Kier alpha value is 0.0569. The molecule has 0 aliphatic heterocycles. The molecule has 0 aromatic rings. The van der Waals surface area contributed by atoms with Gasteiger partial charge in [-0.3, -0.25) is 0 Å². The van der Waals surface area contributed by atoms with Crippen LogP contribution >= 0.6 is 0 Å². The van der Waals surface area contributed by atoms with Crippen LogP contribution < -0.4 is 0 Å². The fourth-order valence-electron chi connectivity index (χ4n) is 4.45. The van der Waals surface area contributed by atoms with Crippen molar-refractivity contribution in [2.45, 2.75) is 66.9 Å². The molecule has 0 spiro atoms. The maximum atomic E-state index is 6.54. The van der Waals surface area contributed by atoms with Gasteiger partial charge < -0.3 is 17.7 Å². The normalized spacial score (nSPS) is 34.6. The molecule has 2 rings (SSSR count). The second-order valence-electron chi connectivity index (χ2n) is 7.21. The van der Waals surface area contributed by atoms with Crippen molar-refractivity contribution in [3.8, 4) is 0 Å². The highest BCUT2D eigenvalue weighted by molar-refractivity contribution is 6.53. The van der Waals surface area contributed by atoms with Gasteiger partial charge in [0.1, 0.15) is 0 Å². The van der Waals surface area contributed by atoms with Crippen molar-refractivity contribution in [3.63, 3.8) is 0 Å². The van der Waals surface area contributed by atoms with Crippen molar-refractivity contribution in [2.75, 3.05) is 19.8 Å². The first-order valence-corrected chi connectivity index (χ1v) is 10.1. The van der Waals surface area contributed by atoms with Gasteiger partial charge in [-0.2, -0.15) is 0 Å². The molecule has 2 bridgehead atoms. The number of rotatable bonds is 8. The van der Waals surface area contributed by atoms with Crippen LogP contribution in [0.5, 0.6) is 0 Å².